The van der Waals surface area contributed by atoms with Crippen LogP contribution < -0.4 is 0 Å². The standard InChI is InChI=1S/C8H4N2O5S/c11-8(12)4-3-5(15-9-4)6-1-2-7(16-6)10(13)14/h1-3H,(H,11,12). The lowest BCUT2D eigenvalue weighted by atomic mass is 10.3. The first kappa shape index (κ1) is 10.3. The summed E-state index contributed by atoms with van der Waals surface area (Å²) in [6.45, 7) is 0. The predicted molar refractivity (Wildman–Crippen MR) is 53.4 cm³/mol. The second kappa shape index (κ2) is 3.74. The van der Waals surface area contributed by atoms with E-state index in [2.05, 4.69) is 5.16 Å². The fraction of sp³-hybridized carbons (Fsp3) is 0. The summed E-state index contributed by atoms with van der Waals surface area (Å²) in [6.07, 6.45) is 0. The van der Waals surface area contributed by atoms with Crippen LogP contribution in [0.4, 0.5) is 5.00 Å². The quantitative estimate of drug-likeness (QED) is 0.649. The van der Waals surface area contributed by atoms with Gasteiger partial charge in [0.15, 0.2) is 11.5 Å². The summed E-state index contributed by atoms with van der Waals surface area (Å²) in [5.41, 5.74) is -0.231. The van der Waals surface area contributed by atoms with Crippen LogP contribution in [0.2, 0.25) is 0 Å². The molecule has 2 heterocycles. The molecule has 2 aromatic rings. The van der Waals surface area contributed by atoms with Crippen LogP contribution in [0.3, 0.4) is 0 Å². The van der Waals surface area contributed by atoms with Gasteiger partial charge in [-0.3, -0.25) is 10.1 Å². The fourth-order valence-corrected chi connectivity index (χ4v) is 1.82. The van der Waals surface area contributed by atoms with E-state index in [4.69, 9.17) is 9.63 Å². The number of nitro groups is 1. The van der Waals surface area contributed by atoms with Gasteiger partial charge in [-0.2, -0.15) is 0 Å². The van der Waals surface area contributed by atoms with Crippen molar-refractivity contribution in [3.8, 4) is 10.6 Å². The number of hydrogen-bond donors (Lipinski definition) is 1. The Labute approximate surface area is 92.1 Å². The van der Waals surface area contributed by atoms with Gasteiger partial charge in [0.25, 0.3) is 0 Å². The van der Waals surface area contributed by atoms with Crippen LogP contribution in [-0.4, -0.2) is 21.2 Å². The summed E-state index contributed by atoms with van der Waals surface area (Å²) < 4.78 is 4.76. The van der Waals surface area contributed by atoms with Crippen LogP contribution in [0, 0.1) is 10.1 Å². The number of carbonyl (C=O) groups is 1. The smallest absolute Gasteiger partial charge is 0.358 e. The van der Waals surface area contributed by atoms with Gasteiger partial charge in [-0.1, -0.05) is 16.5 Å². The molecule has 0 radical (unpaired) electrons. The number of thiophene rings is 1. The first-order chi connectivity index (χ1) is 7.58. The molecule has 7 nitrogen and oxygen atoms in total. The molecule has 0 amide bonds. The summed E-state index contributed by atoms with van der Waals surface area (Å²) >= 11 is 0.893. The number of carboxylic acid groups (broad SMARTS) is 1. The lowest BCUT2D eigenvalue weighted by Crippen LogP contribution is -1.94. The number of rotatable bonds is 3. The molecule has 0 aromatic carbocycles. The Morgan fingerprint density at radius 2 is 2.31 bits per heavy atom. The third-order valence-electron chi connectivity index (χ3n) is 1.74. The lowest BCUT2D eigenvalue weighted by Gasteiger charge is -1.83. The number of aromatic nitrogens is 1. The summed E-state index contributed by atoms with van der Waals surface area (Å²) in [4.78, 5) is 20.9. The molecule has 0 spiro atoms. The Morgan fingerprint density at radius 1 is 1.56 bits per heavy atom. The van der Waals surface area contributed by atoms with Gasteiger partial charge in [0, 0.05) is 12.1 Å². The maximum Gasteiger partial charge on any atom is 0.358 e. The highest BCUT2D eigenvalue weighted by molar-refractivity contribution is 7.18. The van der Waals surface area contributed by atoms with Crippen molar-refractivity contribution >= 4 is 22.3 Å². The molecule has 0 aliphatic carbocycles. The first-order valence-electron chi connectivity index (χ1n) is 4.02. The molecule has 82 valence electrons. The molecule has 2 aromatic heterocycles. The number of hydrogen-bond acceptors (Lipinski definition) is 6. The van der Waals surface area contributed by atoms with E-state index in [0.717, 1.165) is 11.3 Å². The predicted octanol–water partition coefficient (Wildman–Crippen LogP) is 2.01. The molecule has 0 aliphatic rings. The van der Waals surface area contributed by atoms with Crippen LogP contribution >= 0.6 is 11.3 Å². The number of aromatic carboxylic acids is 1. The zero-order chi connectivity index (χ0) is 11.7. The minimum absolute atomic E-state index is 0.0386. The molecular formula is C8H4N2O5S. The average Bonchev–Trinajstić information content (AvgIpc) is 2.86. The van der Waals surface area contributed by atoms with Gasteiger partial charge < -0.3 is 9.63 Å². The van der Waals surface area contributed by atoms with Gasteiger partial charge in [-0.15, -0.1) is 0 Å². The Kier molecular flexibility index (Phi) is 2.41. The summed E-state index contributed by atoms with van der Waals surface area (Å²) in [7, 11) is 0. The van der Waals surface area contributed by atoms with Gasteiger partial charge in [-0.05, 0) is 6.07 Å². The summed E-state index contributed by atoms with van der Waals surface area (Å²) in [5.74, 6) is -1.00. The van der Waals surface area contributed by atoms with E-state index < -0.39 is 10.9 Å². The summed E-state index contributed by atoms with van der Waals surface area (Å²) in [5, 5.41) is 22.3. The topological polar surface area (TPSA) is 106 Å². The maximum absolute atomic E-state index is 10.5. The Bertz CT molecular complexity index is 508. The van der Waals surface area contributed by atoms with Crippen molar-refractivity contribution < 1.29 is 19.3 Å². The Morgan fingerprint density at radius 3 is 2.81 bits per heavy atom. The van der Waals surface area contributed by atoms with Crippen molar-refractivity contribution in [1.29, 1.82) is 0 Å². The molecule has 2 rings (SSSR count). The lowest BCUT2D eigenvalue weighted by molar-refractivity contribution is -0.380. The molecule has 8 heteroatoms. The minimum Gasteiger partial charge on any atom is -0.476 e. The van der Waals surface area contributed by atoms with Crippen LogP contribution in [0.1, 0.15) is 10.5 Å². The molecule has 0 aliphatic heterocycles. The zero-order valence-electron chi connectivity index (χ0n) is 7.61. The third kappa shape index (κ3) is 1.77. The van der Waals surface area contributed by atoms with Crippen molar-refractivity contribution in [1.82, 2.24) is 5.16 Å². The molecule has 0 unspecified atom stereocenters. The first-order valence-corrected chi connectivity index (χ1v) is 4.84. The SMILES string of the molecule is O=C(O)c1cc(-c2ccc([N+](=O)[O-])s2)on1. The van der Waals surface area contributed by atoms with Crippen molar-refractivity contribution in [2.45, 2.75) is 0 Å². The van der Waals surface area contributed by atoms with Crippen molar-refractivity contribution in [2.75, 3.05) is 0 Å². The van der Waals surface area contributed by atoms with E-state index in [1.165, 1.54) is 18.2 Å². The largest absolute Gasteiger partial charge is 0.476 e. The maximum atomic E-state index is 10.5. The van der Waals surface area contributed by atoms with E-state index in [1.54, 1.807) is 0 Å². The second-order valence-corrected chi connectivity index (χ2v) is 3.84. The molecule has 0 saturated carbocycles. The molecule has 0 saturated heterocycles. The highest BCUT2D eigenvalue weighted by Gasteiger charge is 2.16. The van der Waals surface area contributed by atoms with Crippen LogP contribution in [0.5, 0.6) is 0 Å². The van der Waals surface area contributed by atoms with Crippen molar-refractivity contribution in [3.05, 3.63) is 34.0 Å². The second-order valence-electron chi connectivity index (χ2n) is 2.78. The zero-order valence-corrected chi connectivity index (χ0v) is 8.43. The Balaban J connectivity index is 2.35. The molecule has 0 fully saturated rings. The fourth-order valence-electron chi connectivity index (χ4n) is 1.05. The highest BCUT2D eigenvalue weighted by atomic mass is 32.1. The monoisotopic (exact) mass is 240 g/mol. The van der Waals surface area contributed by atoms with E-state index >= 15 is 0 Å². The third-order valence-corrected chi connectivity index (χ3v) is 2.80. The van der Waals surface area contributed by atoms with Gasteiger partial charge in [0.1, 0.15) is 0 Å². The van der Waals surface area contributed by atoms with Gasteiger partial charge in [0.05, 0.1) is 9.80 Å². The van der Waals surface area contributed by atoms with Crippen molar-refractivity contribution in [2.24, 2.45) is 0 Å². The highest BCUT2D eigenvalue weighted by Crippen LogP contribution is 2.32. The average molecular weight is 240 g/mol. The van der Waals surface area contributed by atoms with Gasteiger partial charge in [-0.25, -0.2) is 4.79 Å². The van der Waals surface area contributed by atoms with E-state index in [-0.39, 0.29) is 16.5 Å². The molecule has 0 atom stereocenters. The number of carboxylic acids is 1. The van der Waals surface area contributed by atoms with Gasteiger partial charge >= 0.3 is 11.0 Å². The molecule has 0 bridgehead atoms. The van der Waals surface area contributed by atoms with E-state index in [0.29, 0.717) is 4.88 Å². The van der Waals surface area contributed by atoms with E-state index in [1.807, 2.05) is 0 Å². The normalized spacial score (nSPS) is 10.2. The van der Waals surface area contributed by atoms with Crippen LogP contribution in [-0.2, 0) is 0 Å². The van der Waals surface area contributed by atoms with Crippen LogP contribution in [0.25, 0.3) is 10.6 Å². The molecular weight excluding hydrogens is 236 g/mol. The molecule has 16 heavy (non-hydrogen) atoms. The molecule has 1 N–H and O–H groups in total. The summed E-state index contributed by atoms with van der Waals surface area (Å²) in [6, 6.07) is 4.02. The van der Waals surface area contributed by atoms with Gasteiger partial charge in [0.2, 0.25) is 0 Å². The minimum atomic E-state index is -1.21. The van der Waals surface area contributed by atoms with E-state index in [9.17, 15) is 14.9 Å². The number of nitrogens with zero attached hydrogens (tertiary/aromatic N) is 2. The van der Waals surface area contributed by atoms with Crippen molar-refractivity contribution in [3.63, 3.8) is 0 Å². The van der Waals surface area contributed by atoms with Crippen LogP contribution in [0.15, 0.2) is 22.7 Å². The Hall–Kier alpha value is -2.22.